The summed E-state index contributed by atoms with van der Waals surface area (Å²) in [7, 11) is -3.78. The first kappa shape index (κ1) is 23.2. The number of nitrogens with two attached hydrogens (primary N) is 1. The first-order chi connectivity index (χ1) is 16.8. The molecule has 8 nitrogen and oxygen atoms in total. The minimum atomic E-state index is -3.78. The summed E-state index contributed by atoms with van der Waals surface area (Å²) in [5.74, 6) is 0.674. The summed E-state index contributed by atoms with van der Waals surface area (Å²) in [5.41, 5.74) is 5.17. The number of carboxylic acid groups (broad SMARTS) is 1. The maximum Gasteiger partial charge on any atom is 0.303 e. The molecule has 0 saturated heterocycles. The van der Waals surface area contributed by atoms with Gasteiger partial charge in [0.05, 0.1) is 21.6 Å². The zero-order valence-corrected chi connectivity index (χ0v) is 19.8. The highest BCUT2D eigenvalue weighted by atomic mass is 32.2. The third-order valence-corrected chi connectivity index (χ3v) is 7.72. The van der Waals surface area contributed by atoms with Crippen LogP contribution in [0.25, 0.3) is 33.7 Å². The molecule has 2 aromatic carbocycles. The van der Waals surface area contributed by atoms with Crippen LogP contribution in [0.15, 0.2) is 65.7 Å². The standard InChI is InChI=1S/C26H26N4O4S/c27-35(33,34)21-10-12-23-24(14-21)30-26(29-23)20-9-11-22(28-15-20)19-7-5-18(6-8-19)17-3-1-16(2-4-17)13-25(31)32/h5-12,14-17H,1-4,13H2,(H,29,30)(H,31,32)(H2,27,33,34). The lowest BCUT2D eigenvalue weighted by atomic mass is 9.77. The number of H-pyrrole nitrogens is 1. The van der Waals surface area contributed by atoms with Gasteiger partial charge in [-0.3, -0.25) is 9.78 Å². The summed E-state index contributed by atoms with van der Waals surface area (Å²) in [6.45, 7) is 0. The van der Waals surface area contributed by atoms with Gasteiger partial charge in [-0.2, -0.15) is 0 Å². The number of nitrogens with zero attached hydrogens (tertiary/aromatic N) is 2. The largest absolute Gasteiger partial charge is 0.481 e. The number of sulfonamides is 1. The number of pyridine rings is 1. The van der Waals surface area contributed by atoms with E-state index >= 15 is 0 Å². The Balaban J connectivity index is 1.29. The van der Waals surface area contributed by atoms with Crippen LogP contribution in [0.3, 0.4) is 0 Å². The summed E-state index contributed by atoms with van der Waals surface area (Å²) in [5, 5.41) is 14.2. The van der Waals surface area contributed by atoms with Gasteiger partial charge in [-0.05, 0) is 73.4 Å². The van der Waals surface area contributed by atoms with Gasteiger partial charge in [-0.15, -0.1) is 0 Å². The third kappa shape index (κ3) is 5.11. The molecule has 1 aliphatic rings. The lowest BCUT2D eigenvalue weighted by Gasteiger charge is -2.28. The van der Waals surface area contributed by atoms with E-state index in [1.807, 2.05) is 12.1 Å². The van der Waals surface area contributed by atoms with Crippen molar-refractivity contribution in [2.75, 3.05) is 0 Å². The molecule has 0 atom stereocenters. The number of hydrogen-bond acceptors (Lipinski definition) is 5. The van der Waals surface area contributed by atoms with E-state index in [4.69, 9.17) is 10.2 Å². The highest BCUT2D eigenvalue weighted by molar-refractivity contribution is 7.89. The molecule has 180 valence electrons. The lowest BCUT2D eigenvalue weighted by molar-refractivity contribution is -0.138. The van der Waals surface area contributed by atoms with Gasteiger partial charge in [0.2, 0.25) is 10.0 Å². The van der Waals surface area contributed by atoms with Crippen LogP contribution in [0.1, 0.15) is 43.6 Å². The highest BCUT2D eigenvalue weighted by Crippen LogP contribution is 2.37. The Hall–Kier alpha value is -3.56. The van der Waals surface area contributed by atoms with Crippen LogP contribution in [-0.2, 0) is 14.8 Å². The van der Waals surface area contributed by atoms with Crippen LogP contribution in [0.2, 0.25) is 0 Å². The quantitative estimate of drug-likeness (QED) is 0.358. The second-order valence-electron chi connectivity index (χ2n) is 9.18. The second-order valence-corrected chi connectivity index (χ2v) is 10.7. The van der Waals surface area contributed by atoms with E-state index in [9.17, 15) is 13.2 Å². The molecule has 9 heteroatoms. The van der Waals surface area contributed by atoms with E-state index in [2.05, 4.69) is 39.2 Å². The smallest absolute Gasteiger partial charge is 0.303 e. The highest BCUT2D eigenvalue weighted by Gasteiger charge is 2.24. The Morgan fingerprint density at radius 3 is 2.34 bits per heavy atom. The molecule has 1 fully saturated rings. The number of aromatic amines is 1. The van der Waals surface area contributed by atoms with Gasteiger partial charge in [-0.1, -0.05) is 24.3 Å². The fourth-order valence-electron chi connectivity index (χ4n) is 4.88. The summed E-state index contributed by atoms with van der Waals surface area (Å²) in [6, 6.07) is 16.9. The van der Waals surface area contributed by atoms with Crippen molar-refractivity contribution in [3.05, 3.63) is 66.4 Å². The summed E-state index contributed by atoms with van der Waals surface area (Å²) in [4.78, 5) is 23.2. The number of primary sulfonamides is 1. The zero-order valence-electron chi connectivity index (χ0n) is 19.0. The van der Waals surface area contributed by atoms with Crippen molar-refractivity contribution >= 4 is 27.0 Å². The van der Waals surface area contributed by atoms with Gasteiger partial charge in [0.25, 0.3) is 0 Å². The average molecular weight is 491 g/mol. The predicted molar refractivity (Wildman–Crippen MR) is 133 cm³/mol. The van der Waals surface area contributed by atoms with Crippen molar-refractivity contribution in [1.29, 1.82) is 0 Å². The maximum absolute atomic E-state index is 11.6. The van der Waals surface area contributed by atoms with E-state index in [0.29, 0.717) is 28.7 Å². The Bertz CT molecular complexity index is 1470. The first-order valence-electron chi connectivity index (χ1n) is 11.6. The molecule has 5 rings (SSSR count). The average Bonchev–Trinajstić information content (AvgIpc) is 3.28. The van der Waals surface area contributed by atoms with Gasteiger partial charge in [0, 0.05) is 23.7 Å². The number of aliphatic carboxylic acids is 1. The van der Waals surface area contributed by atoms with Crippen molar-refractivity contribution in [2.45, 2.75) is 42.9 Å². The number of hydrogen-bond donors (Lipinski definition) is 3. The summed E-state index contributed by atoms with van der Waals surface area (Å²) in [6.07, 6.45) is 6.00. The summed E-state index contributed by atoms with van der Waals surface area (Å²) < 4.78 is 23.2. The SMILES string of the molecule is NS(=O)(=O)c1ccc2nc(-c3ccc(-c4ccc(C5CCC(CC(=O)O)CC5)cc4)nc3)[nH]c2c1. The van der Waals surface area contributed by atoms with Crippen LogP contribution in [0, 0.1) is 5.92 Å². The summed E-state index contributed by atoms with van der Waals surface area (Å²) >= 11 is 0. The monoisotopic (exact) mass is 490 g/mol. The van der Waals surface area contributed by atoms with Crippen LogP contribution in [0.4, 0.5) is 0 Å². The lowest BCUT2D eigenvalue weighted by Crippen LogP contribution is -2.16. The van der Waals surface area contributed by atoms with Gasteiger partial charge in [0.15, 0.2) is 0 Å². The number of carboxylic acids is 1. The third-order valence-electron chi connectivity index (χ3n) is 6.81. The Morgan fingerprint density at radius 1 is 1.00 bits per heavy atom. The van der Waals surface area contributed by atoms with E-state index in [1.54, 1.807) is 12.3 Å². The van der Waals surface area contributed by atoms with E-state index in [-0.39, 0.29) is 11.3 Å². The molecule has 0 amide bonds. The van der Waals surface area contributed by atoms with Crippen LogP contribution in [0.5, 0.6) is 0 Å². The van der Waals surface area contributed by atoms with Crippen molar-refractivity contribution in [2.24, 2.45) is 11.1 Å². The molecular formula is C26H26N4O4S. The van der Waals surface area contributed by atoms with Crippen LogP contribution < -0.4 is 5.14 Å². The number of nitrogens with one attached hydrogen (secondary N) is 1. The van der Waals surface area contributed by atoms with Crippen LogP contribution in [-0.4, -0.2) is 34.4 Å². The zero-order chi connectivity index (χ0) is 24.6. The van der Waals surface area contributed by atoms with Gasteiger partial charge in [0.1, 0.15) is 5.82 Å². The minimum Gasteiger partial charge on any atom is -0.481 e. The molecule has 0 aliphatic heterocycles. The molecule has 2 aromatic heterocycles. The van der Waals surface area contributed by atoms with E-state index < -0.39 is 16.0 Å². The van der Waals surface area contributed by atoms with Crippen molar-refractivity contribution in [3.8, 4) is 22.6 Å². The maximum atomic E-state index is 11.6. The molecular weight excluding hydrogens is 464 g/mol. The Kier molecular flexibility index (Phi) is 6.12. The minimum absolute atomic E-state index is 0.0328. The van der Waals surface area contributed by atoms with E-state index in [1.165, 1.54) is 17.7 Å². The number of carbonyl (C=O) groups is 1. The van der Waals surface area contributed by atoms with Crippen molar-refractivity contribution in [3.63, 3.8) is 0 Å². The molecule has 0 unspecified atom stereocenters. The molecule has 1 aliphatic carbocycles. The molecule has 0 spiro atoms. The molecule has 4 aromatic rings. The molecule has 35 heavy (non-hydrogen) atoms. The first-order valence-corrected chi connectivity index (χ1v) is 13.1. The topological polar surface area (TPSA) is 139 Å². The molecule has 2 heterocycles. The van der Waals surface area contributed by atoms with Crippen LogP contribution >= 0.6 is 0 Å². The number of fused-ring (bicyclic) bond motifs is 1. The number of rotatable bonds is 6. The fraction of sp³-hybridized carbons (Fsp3) is 0.269. The number of benzene rings is 2. The molecule has 0 bridgehead atoms. The van der Waals surface area contributed by atoms with Gasteiger partial charge in [-0.25, -0.2) is 18.5 Å². The fourth-order valence-corrected chi connectivity index (χ4v) is 5.42. The number of imidazole rings is 1. The molecule has 0 radical (unpaired) electrons. The Labute approximate surface area is 203 Å². The van der Waals surface area contributed by atoms with Gasteiger partial charge >= 0.3 is 5.97 Å². The molecule has 4 N–H and O–H groups in total. The van der Waals surface area contributed by atoms with Crippen molar-refractivity contribution < 1.29 is 18.3 Å². The Morgan fingerprint density at radius 2 is 1.71 bits per heavy atom. The molecule has 1 saturated carbocycles. The normalized spacial score (nSPS) is 18.5. The van der Waals surface area contributed by atoms with Gasteiger partial charge < -0.3 is 10.1 Å². The predicted octanol–water partition coefficient (Wildman–Crippen LogP) is 4.69. The van der Waals surface area contributed by atoms with E-state index in [0.717, 1.165) is 42.5 Å². The second kappa shape index (κ2) is 9.24. The van der Waals surface area contributed by atoms with Crippen molar-refractivity contribution in [1.82, 2.24) is 15.0 Å². The number of aromatic nitrogens is 3.